The third kappa shape index (κ3) is 2.41. The highest BCUT2D eigenvalue weighted by molar-refractivity contribution is 9.10. The highest BCUT2D eigenvalue weighted by atomic mass is 79.9. The first-order chi connectivity index (χ1) is 9.70. The molecule has 0 aliphatic heterocycles. The summed E-state index contributed by atoms with van der Waals surface area (Å²) in [5, 5.41) is 18.2. The zero-order valence-corrected chi connectivity index (χ0v) is 13.5. The summed E-state index contributed by atoms with van der Waals surface area (Å²) in [6, 6.07) is 10.1. The average Bonchev–Trinajstić information content (AvgIpc) is 3.03. The van der Waals surface area contributed by atoms with Gasteiger partial charge in [0.15, 0.2) is 0 Å². The monoisotopic (exact) mass is 350 g/mol. The van der Waals surface area contributed by atoms with Crippen LogP contribution in [0.2, 0.25) is 0 Å². The molecule has 5 heteroatoms. The van der Waals surface area contributed by atoms with Gasteiger partial charge < -0.3 is 5.11 Å². The fourth-order valence-corrected chi connectivity index (χ4v) is 4.03. The van der Waals surface area contributed by atoms with Crippen LogP contribution in [0.1, 0.15) is 23.6 Å². The Hall–Kier alpha value is -1.17. The van der Waals surface area contributed by atoms with Crippen LogP contribution in [-0.4, -0.2) is 14.9 Å². The highest BCUT2D eigenvalue weighted by Gasteiger charge is 2.17. The van der Waals surface area contributed by atoms with Crippen molar-refractivity contribution in [2.24, 2.45) is 0 Å². The zero-order chi connectivity index (χ0) is 14.1. The molecule has 0 aliphatic carbocycles. The molecule has 0 saturated heterocycles. The molecule has 0 spiro atoms. The minimum Gasteiger partial charge on any atom is -0.387 e. The number of rotatable bonds is 4. The van der Waals surface area contributed by atoms with Crippen LogP contribution < -0.4 is 0 Å². The minimum atomic E-state index is -0.520. The molecule has 1 aromatic carbocycles. The largest absolute Gasteiger partial charge is 0.387 e. The van der Waals surface area contributed by atoms with Crippen molar-refractivity contribution in [2.75, 3.05) is 0 Å². The number of aliphatic hydroxyl groups excluding tert-OH is 1. The van der Waals surface area contributed by atoms with E-state index in [1.54, 1.807) is 11.3 Å². The number of aryl methyl sites for hydroxylation is 1. The van der Waals surface area contributed by atoms with Gasteiger partial charge in [-0.15, -0.1) is 11.3 Å². The Morgan fingerprint density at radius 2 is 2.15 bits per heavy atom. The van der Waals surface area contributed by atoms with E-state index in [9.17, 15) is 5.11 Å². The van der Waals surface area contributed by atoms with Gasteiger partial charge >= 0.3 is 0 Å². The van der Waals surface area contributed by atoms with Gasteiger partial charge in [0.1, 0.15) is 0 Å². The van der Waals surface area contributed by atoms with Crippen molar-refractivity contribution in [2.45, 2.75) is 26.0 Å². The number of aliphatic hydroxyl groups is 1. The van der Waals surface area contributed by atoms with Gasteiger partial charge in [-0.25, -0.2) is 0 Å². The highest BCUT2D eigenvalue weighted by Crippen LogP contribution is 2.32. The number of aromatic nitrogens is 2. The van der Waals surface area contributed by atoms with Gasteiger partial charge in [0, 0.05) is 27.7 Å². The second-order valence-electron chi connectivity index (χ2n) is 4.63. The molecule has 1 N–H and O–H groups in total. The maximum Gasteiger partial charge on any atom is 0.0949 e. The van der Waals surface area contributed by atoms with Crippen LogP contribution in [0.25, 0.3) is 10.9 Å². The quantitative estimate of drug-likeness (QED) is 0.767. The van der Waals surface area contributed by atoms with Crippen LogP contribution in [0.4, 0.5) is 0 Å². The maximum absolute atomic E-state index is 10.4. The third-order valence-electron chi connectivity index (χ3n) is 3.37. The van der Waals surface area contributed by atoms with Gasteiger partial charge in [-0.2, -0.15) is 5.10 Å². The molecule has 3 rings (SSSR count). The number of nitrogens with zero attached hydrogens (tertiary/aromatic N) is 2. The average molecular weight is 351 g/mol. The number of para-hydroxylation sites is 1. The summed E-state index contributed by atoms with van der Waals surface area (Å²) in [7, 11) is 0. The number of thiophene rings is 1. The summed E-state index contributed by atoms with van der Waals surface area (Å²) in [5.41, 5.74) is 2.08. The lowest BCUT2D eigenvalue weighted by Crippen LogP contribution is -2.03. The van der Waals surface area contributed by atoms with Crippen LogP contribution >= 0.6 is 27.3 Å². The van der Waals surface area contributed by atoms with E-state index in [4.69, 9.17) is 0 Å². The summed E-state index contributed by atoms with van der Waals surface area (Å²) in [6.07, 6.45) is 0.0140. The van der Waals surface area contributed by atoms with Crippen molar-refractivity contribution in [3.63, 3.8) is 0 Å². The van der Waals surface area contributed by atoms with Crippen molar-refractivity contribution >= 4 is 38.2 Å². The predicted molar refractivity (Wildman–Crippen MR) is 86.1 cm³/mol. The van der Waals surface area contributed by atoms with Gasteiger partial charge in [-0.3, -0.25) is 4.68 Å². The zero-order valence-electron chi connectivity index (χ0n) is 11.1. The lowest BCUT2D eigenvalue weighted by atomic mass is 10.1. The molecule has 2 heterocycles. The van der Waals surface area contributed by atoms with E-state index in [0.717, 1.165) is 32.5 Å². The second-order valence-corrected chi connectivity index (χ2v) is 6.43. The van der Waals surface area contributed by atoms with E-state index in [0.29, 0.717) is 6.42 Å². The molecule has 20 heavy (non-hydrogen) atoms. The molecule has 3 nitrogen and oxygen atoms in total. The fraction of sp³-hybridized carbons (Fsp3) is 0.267. The third-order valence-corrected chi connectivity index (χ3v) is 5.34. The van der Waals surface area contributed by atoms with E-state index >= 15 is 0 Å². The molecular weight excluding hydrogens is 336 g/mol. The van der Waals surface area contributed by atoms with Gasteiger partial charge in [-0.05, 0) is 40.4 Å². The molecule has 3 aromatic rings. The Labute approximate surface area is 130 Å². The first-order valence-corrected chi connectivity index (χ1v) is 8.23. The summed E-state index contributed by atoms with van der Waals surface area (Å²) in [4.78, 5) is 0.958. The Morgan fingerprint density at radius 3 is 2.85 bits per heavy atom. The molecule has 1 atom stereocenters. The molecule has 0 saturated carbocycles. The number of fused-ring (bicyclic) bond motifs is 1. The van der Waals surface area contributed by atoms with Crippen molar-refractivity contribution in [3.8, 4) is 0 Å². The van der Waals surface area contributed by atoms with E-state index < -0.39 is 6.10 Å². The molecular formula is C15H15BrN2OS. The normalized spacial score (nSPS) is 12.9. The van der Waals surface area contributed by atoms with Gasteiger partial charge in [0.2, 0.25) is 0 Å². The van der Waals surface area contributed by atoms with Crippen molar-refractivity contribution < 1.29 is 5.11 Å². The van der Waals surface area contributed by atoms with Gasteiger partial charge in [0.05, 0.1) is 17.3 Å². The Kier molecular flexibility index (Phi) is 3.92. The molecule has 0 amide bonds. The van der Waals surface area contributed by atoms with Crippen LogP contribution in [0.15, 0.2) is 40.2 Å². The Morgan fingerprint density at radius 1 is 1.35 bits per heavy atom. The minimum absolute atomic E-state index is 0.520. The van der Waals surface area contributed by atoms with Crippen LogP contribution in [0, 0.1) is 0 Å². The van der Waals surface area contributed by atoms with Gasteiger partial charge in [-0.1, -0.05) is 18.2 Å². The molecule has 0 radical (unpaired) electrons. The van der Waals surface area contributed by atoms with Crippen molar-refractivity contribution in [1.82, 2.24) is 9.78 Å². The lowest BCUT2D eigenvalue weighted by Gasteiger charge is -2.07. The molecule has 0 fully saturated rings. The van der Waals surface area contributed by atoms with E-state index in [2.05, 4.69) is 40.1 Å². The predicted octanol–water partition coefficient (Wildman–Crippen LogP) is 4.16. The number of hydrogen-bond donors (Lipinski definition) is 1. The SMILES string of the molecule is CCn1nc(CC(O)c2sccc2Br)c2ccccc21. The number of hydrogen-bond acceptors (Lipinski definition) is 3. The number of halogens is 1. The molecule has 1 unspecified atom stereocenters. The second kappa shape index (κ2) is 5.68. The molecule has 0 aliphatic rings. The van der Waals surface area contributed by atoms with Crippen LogP contribution in [-0.2, 0) is 13.0 Å². The van der Waals surface area contributed by atoms with Crippen molar-refractivity contribution in [1.29, 1.82) is 0 Å². The Bertz CT molecular complexity index is 734. The standard InChI is InChI=1S/C15H15BrN2OS/c1-2-18-13-6-4-3-5-10(13)12(17-18)9-14(19)15-11(16)7-8-20-15/h3-8,14,19H,2,9H2,1H3. The molecule has 104 valence electrons. The van der Waals surface area contributed by atoms with E-state index in [1.165, 1.54) is 0 Å². The Balaban J connectivity index is 1.97. The topological polar surface area (TPSA) is 38.0 Å². The fourth-order valence-electron chi connectivity index (χ4n) is 2.41. The summed E-state index contributed by atoms with van der Waals surface area (Å²) < 4.78 is 2.95. The number of benzene rings is 1. The van der Waals surface area contributed by atoms with Crippen LogP contribution in [0.3, 0.4) is 0 Å². The first-order valence-electron chi connectivity index (χ1n) is 6.56. The summed E-state index contributed by atoms with van der Waals surface area (Å²) in [5.74, 6) is 0. The summed E-state index contributed by atoms with van der Waals surface area (Å²) in [6.45, 7) is 2.91. The molecule has 0 bridgehead atoms. The van der Waals surface area contributed by atoms with Crippen LogP contribution in [0.5, 0.6) is 0 Å². The maximum atomic E-state index is 10.4. The van der Waals surface area contributed by atoms with E-state index in [-0.39, 0.29) is 0 Å². The molecule has 2 aromatic heterocycles. The van der Waals surface area contributed by atoms with Crippen molar-refractivity contribution in [3.05, 3.63) is 50.8 Å². The summed E-state index contributed by atoms with van der Waals surface area (Å²) >= 11 is 5.04. The van der Waals surface area contributed by atoms with Gasteiger partial charge in [0.25, 0.3) is 0 Å². The van der Waals surface area contributed by atoms with E-state index in [1.807, 2.05) is 28.3 Å². The lowest BCUT2D eigenvalue weighted by molar-refractivity contribution is 0.180. The smallest absolute Gasteiger partial charge is 0.0949 e. The first kappa shape index (κ1) is 13.8.